The number of carbonyl (C=O) groups is 1. The lowest BCUT2D eigenvalue weighted by atomic mass is 10.0. The van der Waals surface area contributed by atoms with E-state index in [0.717, 1.165) is 11.3 Å². The molecular weight excluding hydrogens is 355 g/mol. The van der Waals surface area contributed by atoms with Gasteiger partial charge < -0.3 is 5.32 Å². The molecule has 1 aromatic heterocycles. The van der Waals surface area contributed by atoms with Gasteiger partial charge in [-0.2, -0.15) is 10.4 Å². The van der Waals surface area contributed by atoms with Crippen molar-refractivity contribution in [3.63, 3.8) is 0 Å². The van der Waals surface area contributed by atoms with Crippen molar-refractivity contribution in [3.8, 4) is 11.8 Å². The Morgan fingerprint density at radius 1 is 1.11 bits per heavy atom. The van der Waals surface area contributed by atoms with Crippen LogP contribution in [0.3, 0.4) is 0 Å². The molecule has 0 saturated heterocycles. The predicted octanol–water partition coefficient (Wildman–Crippen LogP) is 4.50. The van der Waals surface area contributed by atoms with Gasteiger partial charge in [-0.3, -0.25) is 4.79 Å². The number of hydrogen-bond acceptors (Lipinski definition) is 3. The fourth-order valence-electron chi connectivity index (χ4n) is 3.08. The molecule has 1 heterocycles. The summed E-state index contributed by atoms with van der Waals surface area (Å²) in [5.74, 6) is -0.511. The molecule has 1 unspecified atom stereocenters. The van der Waals surface area contributed by atoms with Crippen LogP contribution in [0.1, 0.15) is 59.9 Å². The minimum Gasteiger partial charge on any atom is -0.345 e. The highest BCUT2D eigenvalue weighted by Crippen LogP contribution is 2.24. The zero-order valence-corrected chi connectivity index (χ0v) is 16.0. The number of nitrogens with one attached hydrogen (secondary N) is 1. The van der Waals surface area contributed by atoms with E-state index in [0.29, 0.717) is 16.8 Å². The summed E-state index contributed by atoms with van der Waals surface area (Å²) in [6.45, 7) is 5.86. The van der Waals surface area contributed by atoms with Crippen molar-refractivity contribution in [2.45, 2.75) is 32.7 Å². The Morgan fingerprint density at radius 3 is 2.32 bits per heavy atom. The number of nitrogens with zero attached hydrogens (tertiary/aromatic N) is 3. The molecule has 3 rings (SSSR count). The van der Waals surface area contributed by atoms with Crippen LogP contribution in [0.25, 0.3) is 5.69 Å². The van der Waals surface area contributed by atoms with E-state index in [4.69, 9.17) is 5.26 Å². The summed E-state index contributed by atoms with van der Waals surface area (Å²) in [7, 11) is 0. The SMILES string of the molecule is CC(C)c1c(C(=O)NC(C)c2ccc(C#N)cc2)cnn1-c1ccc(F)cc1. The third kappa shape index (κ3) is 3.94. The van der Waals surface area contributed by atoms with Crippen LogP contribution in [-0.4, -0.2) is 15.7 Å². The Hall–Kier alpha value is -3.46. The summed E-state index contributed by atoms with van der Waals surface area (Å²) in [4.78, 5) is 12.9. The molecule has 1 amide bonds. The Bertz CT molecular complexity index is 1010. The van der Waals surface area contributed by atoms with E-state index in [1.807, 2.05) is 32.9 Å². The summed E-state index contributed by atoms with van der Waals surface area (Å²) >= 11 is 0. The number of halogens is 1. The number of amides is 1. The van der Waals surface area contributed by atoms with Gasteiger partial charge in [0.1, 0.15) is 5.82 Å². The molecule has 0 fully saturated rings. The Balaban J connectivity index is 1.87. The Kier molecular flexibility index (Phi) is 5.55. The topological polar surface area (TPSA) is 70.7 Å². The number of hydrogen-bond donors (Lipinski definition) is 1. The Labute approximate surface area is 163 Å². The van der Waals surface area contributed by atoms with Crippen molar-refractivity contribution in [2.24, 2.45) is 0 Å². The highest BCUT2D eigenvalue weighted by Gasteiger charge is 2.22. The van der Waals surface area contributed by atoms with Crippen molar-refractivity contribution in [1.82, 2.24) is 15.1 Å². The standard InChI is InChI=1S/C22H21FN4O/c1-14(2)21-20(13-25-27(21)19-10-8-18(23)9-11-19)22(28)26-15(3)17-6-4-16(12-24)5-7-17/h4-11,13-15H,1-3H3,(H,26,28). The van der Waals surface area contributed by atoms with Crippen LogP contribution in [0.4, 0.5) is 4.39 Å². The first-order valence-corrected chi connectivity index (χ1v) is 9.05. The van der Waals surface area contributed by atoms with Crippen LogP contribution in [0.2, 0.25) is 0 Å². The van der Waals surface area contributed by atoms with Gasteiger partial charge in [-0.05, 0) is 54.8 Å². The van der Waals surface area contributed by atoms with Gasteiger partial charge >= 0.3 is 0 Å². The molecule has 0 radical (unpaired) electrons. The first kappa shape index (κ1) is 19.3. The maximum Gasteiger partial charge on any atom is 0.255 e. The van der Waals surface area contributed by atoms with Crippen LogP contribution in [0.5, 0.6) is 0 Å². The second-order valence-corrected chi connectivity index (χ2v) is 6.92. The molecule has 0 aliphatic heterocycles. The van der Waals surface area contributed by atoms with Gasteiger partial charge in [-0.15, -0.1) is 0 Å². The van der Waals surface area contributed by atoms with Crippen LogP contribution >= 0.6 is 0 Å². The molecule has 0 bridgehead atoms. The Morgan fingerprint density at radius 2 is 1.75 bits per heavy atom. The monoisotopic (exact) mass is 376 g/mol. The summed E-state index contributed by atoms with van der Waals surface area (Å²) in [5.41, 5.74) is 3.43. The van der Waals surface area contributed by atoms with Gasteiger partial charge in [-0.25, -0.2) is 9.07 Å². The van der Waals surface area contributed by atoms with Crippen LogP contribution < -0.4 is 5.32 Å². The first-order chi connectivity index (χ1) is 13.4. The molecule has 28 heavy (non-hydrogen) atoms. The normalized spacial score (nSPS) is 11.9. The maximum atomic E-state index is 13.2. The molecule has 1 atom stereocenters. The number of aromatic nitrogens is 2. The smallest absolute Gasteiger partial charge is 0.255 e. The van der Waals surface area contributed by atoms with Crippen LogP contribution in [-0.2, 0) is 0 Å². The average Bonchev–Trinajstić information content (AvgIpc) is 3.14. The third-order valence-electron chi connectivity index (χ3n) is 4.56. The largest absolute Gasteiger partial charge is 0.345 e. The van der Waals surface area contributed by atoms with Crippen molar-refractivity contribution in [1.29, 1.82) is 5.26 Å². The molecule has 0 spiro atoms. The molecule has 0 aliphatic carbocycles. The second-order valence-electron chi connectivity index (χ2n) is 6.92. The number of nitriles is 1. The van der Waals surface area contributed by atoms with E-state index in [-0.39, 0.29) is 23.7 Å². The zero-order chi connectivity index (χ0) is 20.3. The highest BCUT2D eigenvalue weighted by atomic mass is 19.1. The average molecular weight is 376 g/mol. The molecule has 2 aromatic carbocycles. The number of rotatable bonds is 5. The molecule has 0 saturated carbocycles. The number of carbonyl (C=O) groups excluding carboxylic acids is 1. The molecule has 0 aliphatic rings. The van der Waals surface area contributed by atoms with E-state index < -0.39 is 0 Å². The minimum atomic E-state index is -0.323. The second kappa shape index (κ2) is 8.05. The molecule has 1 N–H and O–H groups in total. The fourth-order valence-corrected chi connectivity index (χ4v) is 3.08. The van der Waals surface area contributed by atoms with Gasteiger partial charge in [0.15, 0.2) is 0 Å². The lowest BCUT2D eigenvalue weighted by Gasteiger charge is -2.16. The van der Waals surface area contributed by atoms with Gasteiger partial charge in [0.05, 0.1) is 40.8 Å². The summed E-state index contributed by atoms with van der Waals surface area (Å²) in [6, 6.07) is 15.0. The van der Waals surface area contributed by atoms with E-state index in [9.17, 15) is 9.18 Å². The number of benzene rings is 2. The maximum absolute atomic E-state index is 13.2. The van der Waals surface area contributed by atoms with Gasteiger partial charge in [0, 0.05) is 0 Å². The predicted molar refractivity (Wildman–Crippen MR) is 105 cm³/mol. The van der Waals surface area contributed by atoms with Gasteiger partial charge in [0.25, 0.3) is 5.91 Å². The molecule has 142 valence electrons. The molecule has 6 heteroatoms. The summed E-state index contributed by atoms with van der Waals surface area (Å²) in [5, 5.41) is 16.2. The molecular formula is C22H21FN4O. The third-order valence-corrected chi connectivity index (χ3v) is 4.56. The van der Waals surface area contributed by atoms with Crippen molar-refractivity contribution >= 4 is 5.91 Å². The lowest BCUT2D eigenvalue weighted by Crippen LogP contribution is -2.27. The van der Waals surface area contributed by atoms with E-state index in [1.165, 1.54) is 12.1 Å². The summed E-state index contributed by atoms with van der Waals surface area (Å²) in [6.07, 6.45) is 1.54. The zero-order valence-electron chi connectivity index (χ0n) is 16.0. The van der Waals surface area contributed by atoms with Crippen molar-refractivity contribution in [3.05, 3.63) is 82.9 Å². The van der Waals surface area contributed by atoms with Gasteiger partial charge in [0.2, 0.25) is 0 Å². The molecule has 5 nitrogen and oxygen atoms in total. The van der Waals surface area contributed by atoms with Crippen molar-refractivity contribution in [2.75, 3.05) is 0 Å². The first-order valence-electron chi connectivity index (χ1n) is 9.05. The van der Waals surface area contributed by atoms with Crippen LogP contribution in [0, 0.1) is 17.1 Å². The van der Waals surface area contributed by atoms with Crippen molar-refractivity contribution < 1.29 is 9.18 Å². The highest BCUT2D eigenvalue weighted by molar-refractivity contribution is 5.95. The van der Waals surface area contributed by atoms with E-state index in [1.54, 1.807) is 35.1 Å². The minimum absolute atomic E-state index is 0.0403. The lowest BCUT2D eigenvalue weighted by molar-refractivity contribution is 0.0938. The van der Waals surface area contributed by atoms with Crippen LogP contribution in [0.15, 0.2) is 54.7 Å². The molecule has 3 aromatic rings. The van der Waals surface area contributed by atoms with Gasteiger partial charge in [-0.1, -0.05) is 26.0 Å². The fraction of sp³-hybridized carbons (Fsp3) is 0.227. The van der Waals surface area contributed by atoms with E-state index >= 15 is 0 Å². The van der Waals surface area contributed by atoms with E-state index in [2.05, 4.69) is 16.5 Å². The summed E-state index contributed by atoms with van der Waals surface area (Å²) < 4.78 is 14.9. The quantitative estimate of drug-likeness (QED) is 0.713.